The Bertz CT molecular complexity index is 865. The lowest BCUT2D eigenvalue weighted by atomic mass is 9.91. The quantitative estimate of drug-likeness (QED) is 0.671. The zero-order valence-electron chi connectivity index (χ0n) is 16.3. The molecule has 29 heavy (non-hydrogen) atoms. The summed E-state index contributed by atoms with van der Waals surface area (Å²) >= 11 is 5.82. The zero-order valence-corrected chi connectivity index (χ0v) is 17.0. The largest absolute Gasteiger partial charge is 0.496 e. The number of nitrogens with zero attached hydrogens (tertiary/aromatic N) is 1. The first-order valence-electron chi connectivity index (χ1n) is 9.60. The van der Waals surface area contributed by atoms with Crippen LogP contribution in [0, 0.1) is 0 Å². The number of anilines is 1. The van der Waals surface area contributed by atoms with Gasteiger partial charge in [0.2, 0.25) is 5.91 Å². The van der Waals surface area contributed by atoms with Gasteiger partial charge in [0.1, 0.15) is 11.6 Å². The maximum atomic E-state index is 12.9. The highest BCUT2D eigenvalue weighted by atomic mass is 35.5. The Labute approximate surface area is 175 Å². The number of carbonyl (C=O) groups excluding carboxylic acids is 2. The molecular weight excluding hydrogens is 392 g/mol. The van der Waals surface area contributed by atoms with Crippen molar-refractivity contribution in [1.29, 1.82) is 0 Å². The van der Waals surface area contributed by atoms with Crippen molar-refractivity contribution in [1.82, 2.24) is 10.3 Å². The van der Waals surface area contributed by atoms with Crippen LogP contribution in [0.5, 0.6) is 5.75 Å². The Morgan fingerprint density at radius 2 is 1.97 bits per heavy atom. The molecule has 2 amide bonds. The van der Waals surface area contributed by atoms with Crippen molar-refractivity contribution in [2.45, 2.75) is 44.2 Å². The van der Waals surface area contributed by atoms with Crippen molar-refractivity contribution >= 4 is 29.2 Å². The van der Waals surface area contributed by atoms with Crippen LogP contribution < -0.4 is 21.1 Å². The topological polar surface area (TPSA) is 106 Å². The van der Waals surface area contributed by atoms with Crippen LogP contribution in [0.15, 0.2) is 36.5 Å². The Balaban J connectivity index is 1.73. The van der Waals surface area contributed by atoms with Crippen molar-refractivity contribution in [3.63, 3.8) is 0 Å². The molecule has 0 aliphatic heterocycles. The average molecular weight is 417 g/mol. The van der Waals surface area contributed by atoms with Crippen molar-refractivity contribution in [2.75, 3.05) is 12.4 Å². The van der Waals surface area contributed by atoms with Gasteiger partial charge in [-0.25, -0.2) is 4.98 Å². The highest BCUT2D eigenvalue weighted by Gasteiger charge is 2.23. The minimum absolute atomic E-state index is 0.0212. The molecule has 0 unspecified atom stereocenters. The molecule has 1 aliphatic carbocycles. The standard InChI is InChI=1S/C21H25ClN4O3/c1-29-18-4-2-3-16(21(28)25-15-8-6-14(23)7-9-15)17(18)11-20(27)26-19-10-5-13(22)12-24-19/h2-5,10,12,14-15H,6-9,11,23H2,1H3,(H,25,28)(H,24,26,27). The van der Waals surface area contributed by atoms with Gasteiger partial charge in [0.15, 0.2) is 0 Å². The molecule has 0 radical (unpaired) electrons. The molecular formula is C21H25ClN4O3. The Hall–Kier alpha value is -2.64. The second kappa shape index (κ2) is 9.71. The summed E-state index contributed by atoms with van der Waals surface area (Å²) in [6, 6.07) is 8.74. The Kier molecular flexibility index (Phi) is 7.06. The minimum atomic E-state index is -0.304. The summed E-state index contributed by atoms with van der Waals surface area (Å²) in [6.45, 7) is 0. The number of pyridine rings is 1. The number of hydrogen-bond acceptors (Lipinski definition) is 5. The number of methoxy groups -OCH3 is 1. The molecule has 0 spiro atoms. The number of ether oxygens (including phenoxy) is 1. The zero-order chi connectivity index (χ0) is 20.8. The van der Waals surface area contributed by atoms with Gasteiger partial charge in [0.25, 0.3) is 5.91 Å². The van der Waals surface area contributed by atoms with Crippen LogP contribution in [0.25, 0.3) is 0 Å². The van der Waals surface area contributed by atoms with Crippen LogP contribution in [-0.4, -0.2) is 36.0 Å². The maximum Gasteiger partial charge on any atom is 0.251 e. The van der Waals surface area contributed by atoms with Crippen LogP contribution in [-0.2, 0) is 11.2 Å². The molecule has 1 aromatic carbocycles. The molecule has 3 rings (SSSR count). The number of carbonyl (C=O) groups is 2. The molecule has 1 aliphatic rings. The summed E-state index contributed by atoms with van der Waals surface area (Å²) in [4.78, 5) is 29.5. The van der Waals surface area contributed by atoms with Gasteiger partial charge in [-0.1, -0.05) is 17.7 Å². The summed E-state index contributed by atoms with van der Waals surface area (Å²) < 4.78 is 5.40. The van der Waals surface area contributed by atoms with Gasteiger partial charge >= 0.3 is 0 Å². The summed E-state index contributed by atoms with van der Waals surface area (Å²) in [5.41, 5.74) is 6.90. The minimum Gasteiger partial charge on any atom is -0.496 e. The molecule has 1 fully saturated rings. The lowest BCUT2D eigenvalue weighted by Crippen LogP contribution is -2.40. The van der Waals surface area contributed by atoms with Gasteiger partial charge in [0, 0.05) is 29.4 Å². The van der Waals surface area contributed by atoms with E-state index in [0.717, 1.165) is 25.7 Å². The lowest BCUT2D eigenvalue weighted by molar-refractivity contribution is -0.115. The summed E-state index contributed by atoms with van der Waals surface area (Å²) in [5, 5.41) is 6.26. The van der Waals surface area contributed by atoms with Crippen LogP contribution in [0.4, 0.5) is 5.82 Å². The normalized spacial score (nSPS) is 18.7. The molecule has 0 saturated heterocycles. The smallest absolute Gasteiger partial charge is 0.251 e. The molecule has 0 atom stereocenters. The van der Waals surface area contributed by atoms with E-state index in [2.05, 4.69) is 15.6 Å². The van der Waals surface area contributed by atoms with Gasteiger partial charge in [-0.05, 0) is 49.9 Å². The van der Waals surface area contributed by atoms with Gasteiger partial charge in [-0.3, -0.25) is 9.59 Å². The molecule has 1 aromatic heterocycles. The Morgan fingerprint density at radius 1 is 1.21 bits per heavy atom. The van der Waals surface area contributed by atoms with E-state index in [1.165, 1.54) is 13.3 Å². The number of nitrogens with one attached hydrogen (secondary N) is 2. The second-order valence-corrected chi connectivity index (χ2v) is 7.59. The summed E-state index contributed by atoms with van der Waals surface area (Å²) in [6.07, 6.45) is 4.94. The van der Waals surface area contributed by atoms with Crippen molar-refractivity contribution < 1.29 is 14.3 Å². The number of nitrogens with two attached hydrogens (primary N) is 1. The third kappa shape index (κ3) is 5.68. The van der Waals surface area contributed by atoms with E-state index >= 15 is 0 Å². The molecule has 0 bridgehead atoms. The van der Waals surface area contributed by atoms with E-state index in [4.69, 9.17) is 22.1 Å². The van der Waals surface area contributed by atoms with Gasteiger partial charge in [0.05, 0.1) is 18.6 Å². The van der Waals surface area contributed by atoms with Crippen LogP contribution in [0.2, 0.25) is 5.02 Å². The van der Waals surface area contributed by atoms with Crippen LogP contribution >= 0.6 is 11.6 Å². The first-order valence-corrected chi connectivity index (χ1v) is 9.97. The predicted octanol–water partition coefficient (Wildman–Crippen LogP) is 2.92. The van der Waals surface area contributed by atoms with E-state index < -0.39 is 0 Å². The average Bonchev–Trinajstić information content (AvgIpc) is 2.71. The number of aromatic nitrogens is 1. The number of rotatable bonds is 6. The van der Waals surface area contributed by atoms with E-state index in [1.807, 2.05) is 0 Å². The second-order valence-electron chi connectivity index (χ2n) is 7.16. The van der Waals surface area contributed by atoms with Crippen LogP contribution in [0.1, 0.15) is 41.6 Å². The fourth-order valence-electron chi connectivity index (χ4n) is 3.48. The summed E-state index contributed by atoms with van der Waals surface area (Å²) in [7, 11) is 1.52. The maximum absolute atomic E-state index is 12.9. The highest BCUT2D eigenvalue weighted by molar-refractivity contribution is 6.30. The molecule has 2 aromatic rings. The van der Waals surface area contributed by atoms with Gasteiger partial charge in [-0.15, -0.1) is 0 Å². The van der Waals surface area contributed by atoms with E-state index in [1.54, 1.807) is 30.3 Å². The van der Waals surface area contributed by atoms with Crippen molar-refractivity contribution in [3.05, 3.63) is 52.7 Å². The molecule has 154 valence electrons. The van der Waals surface area contributed by atoms with Crippen LogP contribution in [0.3, 0.4) is 0 Å². The molecule has 1 saturated carbocycles. The number of halogens is 1. The first-order chi connectivity index (χ1) is 14.0. The van der Waals surface area contributed by atoms with E-state index in [0.29, 0.717) is 27.7 Å². The monoisotopic (exact) mass is 416 g/mol. The first kappa shape index (κ1) is 21.1. The van der Waals surface area contributed by atoms with Gasteiger partial charge in [-0.2, -0.15) is 0 Å². The lowest BCUT2D eigenvalue weighted by Gasteiger charge is -2.27. The van der Waals surface area contributed by atoms with E-state index in [9.17, 15) is 9.59 Å². The molecule has 8 heteroatoms. The molecule has 1 heterocycles. The number of hydrogen-bond donors (Lipinski definition) is 3. The van der Waals surface area contributed by atoms with Crippen molar-refractivity contribution in [3.8, 4) is 5.75 Å². The SMILES string of the molecule is COc1cccc(C(=O)NC2CCC(N)CC2)c1CC(=O)Nc1ccc(Cl)cn1. The number of benzene rings is 1. The summed E-state index contributed by atoms with van der Waals surface area (Å²) in [5.74, 6) is 0.361. The third-order valence-corrected chi connectivity index (χ3v) is 5.26. The predicted molar refractivity (Wildman–Crippen MR) is 112 cm³/mol. The highest BCUT2D eigenvalue weighted by Crippen LogP contribution is 2.25. The third-order valence-electron chi connectivity index (χ3n) is 5.04. The molecule has 4 N–H and O–H groups in total. The van der Waals surface area contributed by atoms with Crippen molar-refractivity contribution in [2.24, 2.45) is 5.73 Å². The number of amides is 2. The van der Waals surface area contributed by atoms with Gasteiger partial charge < -0.3 is 21.1 Å². The van der Waals surface area contributed by atoms with E-state index in [-0.39, 0.29) is 30.3 Å². The Morgan fingerprint density at radius 3 is 2.62 bits per heavy atom. The fourth-order valence-corrected chi connectivity index (χ4v) is 3.59. The molecule has 7 nitrogen and oxygen atoms in total. The fraction of sp³-hybridized carbons (Fsp3) is 0.381.